The van der Waals surface area contributed by atoms with E-state index in [4.69, 9.17) is 9.47 Å². The Bertz CT molecular complexity index is 920. The number of methoxy groups -OCH3 is 2. The zero-order chi connectivity index (χ0) is 20.9. The molecule has 0 aliphatic rings. The first-order valence-corrected chi connectivity index (χ1v) is 10.9. The highest BCUT2D eigenvalue weighted by Crippen LogP contribution is 2.32. The molecule has 152 valence electrons. The number of hydrogen-bond acceptors (Lipinski definition) is 5. The number of para-hydroxylation sites is 1. The average Bonchev–Trinajstić information content (AvgIpc) is 2.65. The van der Waals surface area contributed by atoms with Crippen LogP contribution in [0, 0.1) is 0 Å². The summed E-state index contributed by atoms with van der Waals surface area (Å²) in [7, 11) is -0.122. The number of amides is 1. The van der Waals surface area contributed by atoms with E-state index in [1.54, 1.807) is 31.3 Å². The summed E-state index contributed by atoms with van der Waals surface area (Å²) < 4.78 is 34.0. The largest absolute Gasteiger partial charge is 0.493 e. The molecular weight excluding hydrogens is 378 g/mol. The van der Waals surface area contributed by atoms with Crippen LogP contribution in [-0.4, -0.2) is 40.8 Å². The Balaban J connectivity index is 2.21. The zero-order valence-corrected chi connectivity index (χ0v) is 17.7. The Labute approximate surface area is 167 Å². The molecule has 0 aliphatic heterocycles. The predicted molar refractivity (Wildman–Crippen MR) is 110 cm³/mol. The number of benzene rings is 2. The van der Waals surface area contributed by atoms with Crippen LogP contribution in [0.25, 0.3) is 0 Å². The lowest BCUT2D eigenvalue weighted by Crippen LogP contribution is -2.37. The quantitative estimate of drug-likeness (QED) is 0.672. The monoisotopic (exact) mass is 405 g/mol. The van der Waals surface area contributed by atoms with Crippen molar-refractivity contribution in [3.8, 4) is 11.5 Å². The molecule has 0 heterocycles. The van der Waals surface area contributed by atoms with Crippen LogP contribution < -0.4 is 14.4 Å². The number of carbonyl (C=O) groups is 1. The second-order valence-corrected chi connectivity index (χ2v) is 8.79. The molecular formula is C21H27NO5S. The van der Waals surface area contributed by atoms with Crippen molar-refractivity contribution in [1.82, 2.24) is 0 Å². The van der Waals surface area contributed by atoms with Crippen molar-refractivity contribution in [2.24, 2.45) is 0 Å². The molecule has 28 heavy (non-hydrogen) atoms. The highest BCUT2D eigenvalue weighted by molar-refractivity contribution is 7.90. The van der Waals surface area contributed by atoms with E-state index in [0.717, 1.165) is 11.8 Å². The summed E-state index contributed by atoms with van der Waals surface area (Å²) in [5, 5.41) is 0. The van der Waals surface area contributed by atoms with E-state index in [-0.39, 0.29) is 23.3 Å². The van der Waals surface area contributed by atoms with Gasteiger partial charge in [0, 0.05) is 24.4 Å². The van der Waals surface area contributed by atoms with Gasteiger partial charge in [-0.05, 0) is 56.2 Å². The SMILES string of the molecule is COc1cccc(CCC(=O)N(c2ccc(S(C)(=O)=O)cc2)C(C)C)c1OC. The van der Waals surface area contributed by atoms with Crippen LogP contribution in [0.4, 0.5) is 5.69 Å². The molecule has 0 spiro atoms. The fourth-order valence-electron chi connectivity index (χ4n) is 3.10. The van der Waals surface area contributed by atoms with Gasteiger partial charge >= 0.3 is 0 Å². The van der Waals surface area contributed by atoms with Gasteiger partial charge < -0.3 is 14.4 Å². The molecule has 2 aromatic carbocycles. The van der Waals surface area contributed by atoms with E-state index >= 15 is 0 Å². The van der Waals surface area contributed by atoms with Gasteiger partial charge in [0.25, 0.3) is 0 Å². The molecule has 1 amide bonds. The molecule has 0 atom stereocenters. The van der Waals surface area contributed by atoms with E-state index in [2.05, 4.69) is 0 Å². The standard InChI is InChI=1S/C21H27NO5S/c1-15(2)22(17-10-12-18(13-11-17)28(5,24)25)20(23)14-9-16-7-6-8-19(26-3)21(16)27-4/h6-8,10-13,15H,9,14H2,1-5H3. The Morgan fingerprint density at radius 3 is 2.18 bits per heavy atom. The van der Waals surface area contributed by atoms with Crippen molar-refractivity contribution >= 4 is 21.4 Å². The fourth-order valence-corrected chi connectivity index (χ4v) is 3.73. The summed E-state index contributed by atoms with van der Waals surface area (Å²) in [4.78, 5) is 14.8. The smallest absolute Gasteiger partial charge is 0.227 e. The maximum Gasteiger partial charge on any atom is 0.227 e. The number of ether oxygens (including phenoxy) is 2. The first-order valence-electron chi connectivity index (χ1n) is 9.01. The number of hydrogen-bond donors (Lipinski definition) is 0. The lowest BCUT2D eigenvalue weighted by Gasteiger charge is -2.27. The minimum absolute atomic E-state index is 0.0491. The highest BCUT2D eigenvalue weighted by atomic mass is 32.2. The van der Waals surface area contributed by atoms with Crippen molar-refractivity contribution in [1.29, 1.82) is 0 Å². The summed E-state index contributed by atoms with van der Waals surface area (Å²) in [5.74, 6) is 1.21. The Morgan fingerprint density at radius 1 is 1.04 bits per heavy atom. The minimum atomic E-state index is -3.28. The molecule has 0 unspecified atom stereocenters. The summed E-state index contributed by atoms with van der Waals surface area (Å²) in [6.45, 7) is 3.85. The Morgan fingerprint density at radius 2 is 1.68 bits per heavy atom. The summed E-state index contributed by atoms with van der Waals surface area (Å²) in [6.07, 6.45) is 1.95. The van der Waals surface area contributed by atoms with E-state index in [0.29, 0.717) is 23.6 Å². The molecule has 7 heteroatoms. The number of nitrogens with zero attached hydrogens (tertiary/aromatic N) is 1. The topological polar surface area (TPSA) is 72.9 Å². The fraction of sp³-hybridized carbons (Fsp3) is 0.381. The van der Waals surface area contributed by atoms with E-state index in [9.17, 15) is 13.2 Å². The van der Waals surface area contributed by atoms with Crippen LogP contribution in [-0.2, 0) is 21.1 Å². The van der Waals surface area contributed by atoms with Crippen molar-refractivity contribution in [2.45, 2.75) is 37.6 Å². The minimum Gasteiger partial charge on any atom is -0.493 e. The van der Waals surface area contributed by atoms with Gasteiger partial charge in [-0.3, -0.25) is 4.79 Å². The predicted octanol–water partition coefficient (Wildman–Crippen LogP) is 3.48. The van der Waals surface area contributed by atoms with Gasteiger partial charge in [0.2, 0.25) is 5.91 Å². The highest BCUT2D eigenvalue weighted by Gasteiger charge is 2.20. The van der Waals surface area contributed by atoms with Crippen molar-refractivity contribution in [2.75, 3.05) is 25.4 Å². The maximum absolute atomic E-state index is 12.9. The van der Waals surface area contributed by atoms with Gasteiger partial charge in [0.05, 0.1) is 19.1 Å². The van der Waals surface area contributed by atoms with Crippen LogP contribution in [0.3, 0.4) is 0 Å². The van der Waals surface area contributed by atoms with Gasteiger partial charge in [-0.25, -0.2) is 8.42 Å². The Kier molecular flexibility index (Phi) is 7.07. The van der Waals surface area contributed by atoms with Gasteiger partial charge in [-0.15, -0.1) is 0 Å². The van der Waals surface area contributed by atoms with Gasteiger partial charge in [0.1, 0.15) is 0 Å². The molecule has 6 nitrogen and oxygen atoms in total. The molecule has 0 saturated heterocycles. The van der Waals surface area contributed by atoms with Gasteiger partial charge in [-0.1, -0.05) is 12.1 Å². The first kappa shape index (κ1) is 21.8. The lowest BCUT2D eigenvalue weighted by molar-refractivity contribution is -0.118. The molecule has 2 rings (SSSR count). The van der Waals surface area contributed by atoms with Crippen molar-refractivity contribution < 1.29 is 22.7 Å². The molecule has 0 fully saturated rings. The van der Waals surface area contributed by atoms with Gasteiger partial charge in [-0.2, -0.15) is 0 Å². The molecule has 0 saturated carbocycles. The number of sulfone groups is 1. The van der Waals surface area contributed by atoms with E-state index in [1.165, 1.54) is 12.1 Å². The first-order chi connectivity index (χ1) is 13.2. The van der Waals surface area contributed by atoms with E-state index < -0.39 is 9.84 Å². The van der Waals surface area contributed by atoms with Crippen LogP contribution in [0.2, 0.25) is 0 Å². The lowest BCUT2D eigenvalue weighted by atomic mass is 10.1. The molecule has 0 N–H and O–H groups in total. The second-order valence-electron chi connectivity index (χ2n) is 6.78. The molecule has 0 bridgehead atoms. The maximum atomic E-state index is 12.9. The summed E-state index contributed by atoms with van der Waals surface area (Å²) in [5.41, 5.74) is 1.57. The molecule has 0 aromatic heterocycles. The average molecular weight is 406 g/mol. The Hall–Kier alpha value is -2.54. The third-order valence-electron chi connectivity index (χ3n) is 4.42. The number of aryl methyl sites for hydroxylation is 1. The van der Waals surface area contributed by atoms with Crippen LogP contribution >= 0.6 is 0 Å². The van der Waals surface area contributed by atoms with Crippen molar-refractivity contribution in [3.05, 3.63) is 48.0 Å². The van der Waals surface area contributed by atoms with Crippen LogP contribution in [0.15, 0.2) is 47.4 Å². The van der Waals surface area contributed by atoms with Crippen molar-refractivity contribution in [3.63, 3.8) is 0 Å². The normalized spacial score (nSPS) is 11.4. The summed E-state index contributed by atoms with van der Waals surface area (Å²) >= 11 is 0. The zero-order valence-electron chi connectivity index (χ0n) is 16.9. The number of rotatable bonds is 8. The summed E-state index contributed by atoms with van der Waals surface area (Å²) in [6, 6.07) is 11.9. The van der Waals surface area contributed by atoms with Crippen LogP contribution in [0.5, 0.6) is 11.5 Å². The van der Waals surface area contributed by atoms with Crippen LogP contribution in [0.1, 0.15) is 25.8 Å². The molecule has 2 aromatic rings. The number of anilines is 1. The molecule has 0 aliphatic carbocycles. The number of carbonyl (C=O) groups excluding carboxylic acids is 1. The van der Waals surface area contributed by atoms with E-state index in [1.807, 2.05) is 32.0 Å². The second kappa shape index (κ2) is 9.10. The molecule has 0 radical (unpaired) electrons. The third-order valence-corrected chi connectivity index (χ3v) is 5.55. The third kappa shape index (κ3) is 5.04. The van der Waals surface area contributed by atoms with Gasteiger partial charge in [0.15, 0.2) is 21.3 Å².